The molecule has 0 spiro atoms. The molecule has 1 aromatic carbocycles. The monoisotopic (exact) mass is 254 g/mol. The molecule has 1 rings (SSSR count). The molecule has 3 heteroatoms. The van der Waals surface area contributed by atoms with Crippen molar-refractivity contribution in [1.29, 1.82) is 0 Å². The SMILES string of the molecule is C[Si](C)(C)CCSCc1ccc(CO)cc1. The summed E-state index contributed by atoms with van der Waals surface area (Å²) in [6.07, 6.45) is 0. The van der Waals surface area contributed by atoms with E-state index in [-0.39, 0.29) is 6.61 Å². The summed E-state index contributed by atoms with van der Waals surface area (Å²) in [6, 6.07) is 9.65. The topological polar surface area (TPSA) is 20.2 Å². The summed E-state index contributed by atoms with van der Waals surface area (Å²) in [5.74, 6) is 2.37. The molecule has 90 valence electrons. The van der Waals surface area contributed by atoms with Crippen LogP contribution >= 0.6 is 11.8 Å². The first-order valence-corrected chi connectivity index (χ1v) is 10.6. The summed E-state index contributed by atoms with van der Waals surface area (Å²) >= 11 is 2.02. The highest BCUT2D eigenvalue weighted by atomic mass is 32.2. The molecule has 0 aliphatic heterocycles. The number of hydrogen-bond donors (Lipinski definition) is 1. The summed E-state index contributed by atoms with van der Waals surface area (Å²) in [5.41, 5.74) is 2.36. The molecule has 0 saturated heterocycles. The Kier molecular flexibility index (Phi) is 5.59. The predicted molar refractivity (Wildman–Crippen MR) is 76.7 cm³/mol. The minimum atomic E-state index is -0.864. The molecule has 0 aromatic heterocycles. The van der Waals surface area contributed by atoms with E-state index in [1.807, 2.05) is 23.9 Å². The molecule has 0 aliphatic carbocycles. The van der Waals surface area contributed by atoms with E-state index in [4.69, 9.17) is 5.11 Å². The average molecular weight is 254 g/mol. The third-order valence-corrected chi connectivity index (χ3v) is 5.61. The molecule has 1 N–H and O–H groups in total. The van der Waals surface area contributed by atoms with Gasteiger partial charge < -0.3 is 5.11 Å². The maximum absolute atomic E-state index is 8.93. The van der Waals surface area contributed by atoms with Crippen LogP contribution in [0.4, 0.5) is 0 Å². The predicted octanol–water partition coefficient (Wildman–Crippen LogP) is 3.75. The van der Waals surface area contributed by atoms with E-state index in [0.29, 0.717) is 0 Å². The van der Waals surface area contributed by atoms with Crippen LogP contribution in [0.3, 0.4) is 0 Å². The molecule has 0 aliphatic rings. The highest BCUT2D eigenvalue weighted by Gasteiger charge is 2.11. The minimum Gasteiger partial charge on any atom is -0.392 e. The van der Waals surface area contributed by atoms with Gasteiger partial charge in [0.05, 0.1) is 6.61 Å². The van der Waals surface area contributed by atoms with Gasteiger partial charge in [0, 0.05) is 13.8 Å². The fraction of sp³-hybridized carbons (Fsp3) is 0.538. The zero-order chi connectivity index (χ0) is 12.0. The second kappa shape index (κ2) is 6.47. The van der Waals surface area contributed by atoms with E-state index in [1.54, 1.807) is 0 Å². The van der Waals surface area contributed by atoms with E-state index >= 15 is 0 Å². The van der Waals surface area contributed by atoms with Gasteiger partial charge in [-0.15, -0.1) is 0 Å². The molecule has 0 fully saturated rings. The van der Waals surface area contributed by atoms with Crippen molar-refractivity contribution in [1.82, 2.24) is 0 Å². The van der Waals surface area contributed by atoms with Gasteiger partial charge >= 0.3 is 0 Å². The normalized spacial score (nSPS) is 11.8. The van der Waals surface area contributed by atoms with E-state index in [1.165, 1.54) is 17.4 Å². The molecule has 0 amide bonds. The van der Waals surface area contributed by atoms with Gasteiger partial charge in [0.1, 0.15) is 0 Å². The van der Waals surface area contributed by atoms with Crippen LogP contribution in [0.15, 0.2) is 24.3 Å². The Balaban J connectivity index is 2.27. The smallest absolute Gasteiger partial charge is 0.0681 e. The molecule has 0 atom stereocenters. The van der Waals surface area contributed by atoms with Crippen molar-refractivity contribution in [2.24, 2.45) is 0 Å². The van der Waals surface area contributed by atoms with Crippen LogP contribution in [0.25, 0.3) is 0 Å². The lowest BCUT2D eigenvalue weighted by atomic mass is 10.2. The maximum atomic E-state index is 8.93. The molecule has 1 nitrogen and oxygen atoms in total. The number of thioether (sulfide) groups is 1. The first-order valence-electron chi connectivity index (χ1n) is 5.78. The Morgan fingerprint density at radius 3 is 2.12 bits per heavy atom. The fourth-order valence-electron chi connectivity index (χ4n) is 1.31. The summed E-state index contributed by atoms with van der Waals surface area (Å²) in [4.78, 5) is 0. The summed E-state index contributed by atoms with van der Waals surface area (Å²) in [7, 11) is -0.864. The largest absolute Gasteiger partial charge is 0.392 e. The van der Waals surface area contributed by atoms with Crippen molar-refractivity contribution < 1.29 is 5.11 Å². The molecule has 0 unspecified atom stereocenters. The third kappa shape index (κ3) is 5.73. The number of benzene rings is 1. The van der Waals surface area contributed by atoms with E-state index in [0.717, 1.165) is 11.3 Å². The van der Waals surface area contributed by atoms with Gasteiger partial charge in [-0.1, -0.05) is 43.9 Å². The first-order chi connectivity index (χ1) is 7.51. The van der Waals surface area contributed by atoms with E-state index in [2.05, 4.69) is 31.8 Å². The zero-order valence-corrected chi connectivity index (χ0v) is 12.3. The Bertz CT molecular complexity index is 303. The summed E-state index contributed by atoms with van der Waals surface area (Å²) in [5, 5.41) is 8.93. The molecule has 0 radical (unpaired) electrons. The number of hydrogen-bond acceptors (Lipinski definition) is 2. The highest BCUT2D eigenvalue weighted by molar-refractivity contribution is 7.98. The van der Waals surface area contributed by atoms with Crippen molar-refractivity contribution in [3.8, 4) is 0 Å². The highest BCUT2D eigenvalue weighted by Crippen LogP contribution is 2.18. The summed E-state index contributed by atoms with van der Waals surface area (Å²) < 4.78 is 0. The molecular formula is C13H22OSSi. The first kappa shape index (κ1) is 13.8. The Hall–Kier alpha value is -0.253. The quantitative estimate of drug-likeness (QED) is 0.616. The van der Waals surface area contributed by atoms with Crippen LogP contribution in [0.5, 0.6) is 0 Å². The third-order valence-electron chi connectivity index (χ3n) is 2.47. The molecule has 0 bridgehead atoms. The number of aliphatic hydroxyl groups excluding tert-OH is 1. The van der Waals surface area contributed by atoms with Crippen LogP contribution in [0.2, 0.25) is 25.7 Å². The van der Waals surface area contributed by atoms with Gasteiger partial charge in [-0.25, -0.2) is 0 Å². The van der Waals surface area contributed by atoms with Crippen molar-refractivity contribution in [2.45, 2.75) is 38.0 Å². The standard InChI is InChI=1S/C13H22OSSi/c1-16(2,3)9-8-15-11-13-6-4-12(10-14)5-7-13/h4-7,14H,8-11H2,1-3H3. The average Bonchev–Trinajstić information content (AvgIpc) is 2.24. The summed E-state index contributed by atoms with van der Waals surface area (Å²) in [6.45, 7) is 7.40. The minimum absolute atomic E-state index is 0.142. The maximum Gasteiger partial charge on any atom is 0.0681 e. The number of rotatable bonds is 6. The lowest BCUT2D eigenvalue weighted by molar-refractivity contribution is 0.282. The Labute approximate surface area is 104 Å². The van der Waals surface area contributed by atoms with Crippen LogP contribution in [0, 0.1) is 0 Å². The van der Waals surface area contributed by atoms with Gasteiger partial charge in [0.2, 0.25) is 0 Å². The van der Waals surface area contributed by atoms with Crippen molar-refractivity contribution in [2.75, 3.05) is 5.75 Å². The van der Waals surface area contributed by atoms with Crippen LogP contribution in [-0.2, 0) is 12.4 Å². The number of aliphatic hydroxyl groups is 1. The van der Waals surface area contributed by atoms with E-state index in [9.17, 15) is 0 Å². The van der Waals surface area contributed by atoms with Gasteiger partial charge in [-0.05, 0) is 22.9 Å². The van der Waals surface area contributed by atoms with Gasteiger partial charge in [0.15, 0.2) is 0 Å². The second-order valence-corrected chi connectivity index (χ2v) is 12.1. The van der Waals surface area contributed by atoms with Gasteiger partial charge in [-0.2, -0.15) is 11.8 Å². The lowest BCUT2D eigenvalue weighted by Crippen LogP contribution is -2.19. The van der Waals surface area contributed by atoms with Crippen LogP contribution in [-0.4, -0.2) is 18.9 Å². The second-order valence-electron chi connectivity index (χ2n) is 5.34. The Morgan fingerprint density at radius 2 is 1.62 bits per heavy atom. The molecule has 16 heavy (non-hydrogen) atoms. The van der Waals surface area contributed by atoms with Crippen molar-refractivity contribution >= 4 is 19.8 Å². The van der Waals surface area contributed by atoms with Crippen molar-refractivity contribution in [3.63, 3.8) is 0 Å². The lowest BCUT2D eigenvalue weighted by Gasteiger charge is -2.14. The van der Waals surface area contributed by atoms with Crippen molar-refractivity contribution in [3.05, 3.63) is 35.4 Å². The Morgan fingerprint density at radius 1 is 1.06 bits per heavy atom. The fourth-order valence-corrected chi connectivity index (χ4v) is 4.91. The van der Waals surface area contributed by atoms with Gasteiger partial charge in [-0.3, -0.25) is 0 Å². The molecule has 0 heterocycles. The van der Waals surface area contributed by atoms with Crippen LogP contribution < -0.4 is 0 Å². The molecular weight excluding hydrogens is 232 g/mol. The zero-order valence-electron chi connectivity index (χ0n) is 10.5. The molecule has 0 saturated carbocycles. The van der Waals surface area contributed by atoms with Crippen LogP contribution in [0.1, 0.15) is 11.1 Å². The molecule has 1 aromatic rings. The van der Waals surface area contributed by atoms with Gasteiger partial charge in [0.25, 0.3) is 0 Å². The van der Waals surface area contributed by atoms with E-state index < -0.39 is 8.07 Å².